The van der Waals surface area contributed by atoms with Gasteiger partial charge < -0.3 is 10.1 Å². The molecule has 0 spiro atoms. The largest absolute Gasteiger partial charge is 0.380 e. The van der Waals surface area contributed by atoms with E-state index >= 15 is 0 Å². The number of methoxy groups -OCH3 is 1. The van der Waals surface area contributed by atoms with Gasteiger partial charge in [-0.2, -0.15) is 0 Å². The molecule has 0 unspecified atom stereocenters. The van der Waals surface area contributed by atoms with Gasteiger partial charge in [-0.25, -0.2) is 0 Å². The highest BCUT2D eigenvalue weighted by Gasteiger charge is 1.94. The fourth-order valence-electron chi connectivity index (χ4n) is 1.41. The fraction of sp³-hybridized carbons (Fsp3) is 0.500. The molecule has 0 aliphatic carbocycles. The Bertz CT molecular complexity index is 260. The van der Waals surface area contributed by atoms with Gasteiger partial charge in [0.05, 0.1) is 6.61 Å². The normalized spacial score (nSPS) is 10.4. The van der Waals surface area contributed by atoms with Crippen molar-refractivity contribution in [1.82, 2.24) is 5.32 Å². The summed E-state index contributed by atoms with van der Waals surface area (Å²) >= 11 is 0. The first kappa shape index (κ1) is 11.2. The summed E-state index contributed by atoms with van der Waals surface area (Å²) in [7, 11) is 1.72. The molecule has 0 heterocycles. The van der Waals surface area contributed by atoms with Gasteiger partial charge in [0, 0.05) is 13.7 Å². The van der Waals surface area contributed by atoms with E-state index < -0.39 is 0 Å². The van der Waals surface area contributed by atoms with Crippen LogP contribution in [0, 0.1) is 0 Å². The van der Waals surface area contributed by atoms with Gasteiger partial charge in [0.25, 0.3) is 0 Å². The zero-order chi connectivity index (χ0) is 10.2. The second-order valence-electron chi connectivity index (χ2n) is 3.43. The zero-order valence-electron chi connectivity index (χ0n) is 9.05. The summed E-state index contributed by atoms with van der Waals surface area (Å²) in [5.41, 5.74) is 2.57. The maximum Gasteiger partial charge on any atom is 0.0713 e. The number of rotatable bonds is 6. The molecule has 0 aliphatic rings. The highest BCUT2D eigenvalue weighted by molar-refractivity contribution is 5.22. The Balaban J connectivity index is 2.46. The second-order valence-corrected chi connectivity index (χ2v) is 3.43. The monoisotopic (exact) mass is 193 g/mol. The van der Waals surface area contributed by atoms with Crippen LogP contribution in [0.5, 0.6) is 0 Å². The van der Waals surface area contributed by atoms with E-state index in [-0.39, 0.29) is 0 Å². The van der Waals surface area contributed by atoms with Gasteiger partial charge in [-0.05, 0) is 24.1 Å². The number of hydrogen-bond donors (Lipinski definition) is 1. The van der Waals surface area contributed by atoms with E-state index in [9.17, 15) is 0 Å². The van der Waals surface area contributed by atoms with Crippen molar-refractivity contribution < 1.29 is 4.74 Å². The number of benzene rings is 1. The van der Waals surface area contributed by atoms with Crippen molar-refractivity contribution in [3.63, 3.8) is 0 Å². The van der Waals surface area contributed by atoms with Crippen LogP contribution in [0.15, 0.2) is 24.3 Å². The molecule has 1 aromatic carbocycles. The molecule has 0 saturated carbocycles. The third-order valence-electron chi connectivity index (χ3n) is 2.06. The lowest BCUT2D eigenvalue weighted by Crippen LogP contribution is -2.13. The van der Waals surface area contributed by atoms with Crippen LogP contribution in [0.2, 0.25) is 0 Å². The lowest BCUT2D eigenvalue weighted by atomic mass is 10.1. The van der Waals surface area contributed by atoms with E-state index in [4.69, 9.17) is 4.74 Å². The molecule has 0 bridgehead atoms. The van der Waals surface area contributed by atoms with E-state index in [0.717, 1.165) is 13.1 Å². The first-order valence-electron chi connectivity index (χ1n) is 5.14. The van der Waals surface area contributed by atoms with Gasteiger partial charge in [0.2, 0.25) is 0 Å². The van der Waals surface area contributed by atoms with Crippen LogP contribution in [0.1, 0.15) is 24.5 Å². The number of hydrogen-bond acceptors (Lipinski definition) is 2. The maximum absolute atomic E-state index is 5.09. The van der Waals surface area contributed by atoms with Gasteiger partial charge in [-0.15, -0.1) is 0 Å². The molecule has 1 rings (SSSR count). The van der Waals surface area contributed by atoms with Crippen molar-refractivity contribution in [3.8, 4) is 0 Å². The summed E-state index contributed by atoms with van der Waals surface area (Å²) in [4.78, 5) is 0. The van der Waals surface area contributed by atoms with Crippen LogP contribution in [-0.2, 0) is 17.9 Å². The molecule has 0 aliphatic heterocycles. The highest BCUT2D eigenvalue weighted by atomic mass is 16.5. The summed E-state index contributed by atoms with van der Waals surface area (Å²) in [5, 5.41) is 3.38. The topological polar surface area (TPSA) is 21.3 Å². The van der Waals surface area contributed by atoms with E-state index in [0.29, 0.717) is 6.61 Å². The van der Waals surface area contributed by atoms with E-state index in [2.05, 4.69) is 36.5 Å². The average molecular weight is 193 g/mol. The van der Waals surface area contributed by atoms with Crippen molar-refractivity contribution in [2.24, 2.45) is 0 Å². The Morgan fingerprint density at radius 3 is 2.79 bits per heavy atom. The summed E-state index contributed by atoms with van der Waals surface area (Å²) < 4.78 is 5.09. The molecule has 0 aromatic heterocycles. The second kappa shape index (κ2) is 6.57. The Labute approximate surface area is 86.3 Å². The van der Waals surface area contributed by atoms with Crippen LogP contribution in [-0.4, -0.2) is 13.7 Å². The van der Waals surface area contributed by atoms with E-state index in [1.54, 1.807) is 7.11 Å². The van der Waals surface area contributed by atoms with Crippen molar-refractivity contribution in [2.45, 2.75) is 26.5 Å². The first-order chi connectivity index (χ1) is 6.86. The van der Waals surface area contributed by atoms with Crippen molar-refractivity contribution in [3.05, 3.63) is 35.4 Å². The van der Waals surface area contributed by atoms with E-state index in [1.165, 1.54) is 17.5 Å². The molecule has 14 heavy (non-hydrogen) atoms. The molecule has 0 amide bonds. The van der Waals surface area contributed by atoms with Gasteiger partial charge in [-0.1, -0.05) is 31.2 Å². The predicted octanol–water partition coefficient (Wildman–Crippen LogP) is 2.33. The van der Waals surface area contributed by atoms with Crippen LogP contribution in [0.4, 0.5) is 0 Å². The smallest absolute Gasteiger partial charge is 0.0713 e. The third-order valence-corrected chi connectivity index (χ3v) is 2.06. The van der Waals surface area contributed by atoms with Gasteiger partial charge >= 0.3 is 0 Å². The summed E-state index contributed by atoms with van der Waals surface area (Å²) in [6.45, 7) is 4.90. The molecule has 1 N–H and O–H groups in total. The molecule has 2 nitrogen and oxygen atoms in total. The van der Waals surface area contributed by atoms with Gasteiger partial charge in [0.15, 0.2) is 0 Å². The van der Waals surface area contributed by atoms with Gasteiger partial charge in [-0.3, -0.25) is 0 Å². The molecule has 0 saturated heterocycles. The summed E-state index contributed by atoms with van der Waals surface area (Å²) in [6.07, 6.45) is 1.18. The van der Waals surface area contributed by atoms with Crippen molar-refractivity contribution in [1.29, 1.82) is 0 Å². The molecule has 78 valence electrons. The summed E-state index contributed by atoms with van der Waals surface area (Å²) in [6, 6.07) is 8.50. The molecule has 2 heteroatoms. The Morgan fingerprint density at radius 1 is 1.29 bits per heavy atom. The Kier molecular flexibility index (Phi) is 5.27. The SMILES string of the molecule is CCCNCc1cccc(COC)c1. The predicted molar refractivity (Wildman–Crippen MR) is 59.2 cm³/mol. The number of ether oxygens (including phenoxy) is 1. The lowest BCUT2D eigenvalue weighted by molar-refractivity contribution is 0.185. The van der Waals surface area contributed by atoms with Crippen LogP contribution >= 0.6 is 0 Å². The van der Waals surface area contributed by atoms with Gasteiger partial charge in [0.1, 0.15) is 0 Å². The Morgan fingerprint density at radius 2 is 2.07 bits per heavy atom. The minimum absolute atomic E-state index is 0.696. The summed E-state index contributed by atoms with van der Waals surface area (Å²) in [5.74, 6) is 0. The molecule has 0 radical (unpaired) electrons. The quantitative estimate of drug-likeness (QED) is 0.700. The molecule has 0 atom stereocenters. The minimum atomic E-state index is 0.696. The van der Waals surface area contributed by atoms with Crippen molar-refractivity contribution in [2.75, 3.05) is 13.7 Å². The lowest BCUT2D eigenvalue weighted by Gasteiger charge is -2.05. The minimum Gasteiger partial charge on any atom is -0.380 e. The number of nitrogens with one attached hydrogen (secondary N) is 1. The molecule has 0 fully saturated rings. The fourth-order valence-corrected chi connectivity index (χ4v) is 1.41. The van der Waals surface area contributed by atoms with E-state index in [1.807, 2.05) is 0 Å². The Hall–Kier alpha value is -0.860. The maximum atomic E-state index is 5.09. The molecular weight excluding hydrogens is 174 g/mol. The molecular formula is C12H19NO. The zero-order valence-corrected chi connectivity index (χ0v) is 9.05. The van der Waals surface area contributed by atoms with Crippen LogP contribution < -0.4 is 5.32 Å². The van der Waals surface area contributed by atoms with Crippen LogP contribution in [0.25, 0.3) is 0 Å². The third kappa shape index (κ3) is 3.90. The molecule has 1 aromatic rings. The highest BCUT2D eigenvalue weighted by Crippen LogP contribution is 2.05. The van der Waals surface area contributed by atoms with Crippen LogP contribution in [0.3, 0.4) is 0 Å². The first-order valence-corrected chi connectivity index (χ1v) is 5.14. The standard InChI is InChI=1S/C12H19NO/c1-3-7-13-9-11-5-4-6-12(8-11)10-14-2/h4-6,8,13H,3,7,9-10H2,1-2H3. The average Bonchev–Trinajstić information content (AvgIpc) is 2.19. The van der Waals surface area contributed by atoms with Crippen molar-refractivity contribution >= 4 is 0 Å².